The number of carbonyl (C=O) groups excluding carboxylic acids is 1. The molecule has 7 nitrogen and oxygen atoms in total. The number of pyridine rings is 1. The van der Waals surface area contributed by atoms with Crippen LogP contribution in [0.15, 0.2) is 41.5 Å². The van der Waals surface area contributed by atoms with E-state index in [9.17, 15) is 22.0 Å². The molecule has 0 aliphatic rings. The van der Waals surface area contributed by atoms with Crippen molar-refractivity contribution in [3.05, 3.63) is 59.4 Å². The van der Waals surface area contributed by atoms with Gasteiger partial charge in [-0.3, -0.25) is 9.79 Å². The maximum absolute atomic E-state index is 14.3. The van der Waals surface area contributed by atoms with E-state index in [-0.39, 0.29) is 22.8 Å². The number of benzene rings is 1. The lowest BCUT2D eigenvalue weighted by Gasteiger charge is -2.15. The Labute approximate surface area is 182 Å². The Hall–Kier alpha value is -2.88. The van der Waals surface area contributed by atoms with Crippen LogP contribution in [0.1, 0.15) is 56.7 Å². The summed E-state index contributed by atoms with van der Waals surface area (Å²) in [4.78, 5) is 19.8. The highest BCUT2D eigenvalue weighted by atomic mass is 32.2. The average Bonchev–Trinajstić information content (AvgIpc) is 2.71. The predicted octanol–water partition coefficient (Wildman–Crippen LogP) is 4.13. The number of carbonyl (C=O) groups is 1. The summed E-state index contributed by atoms with van der Waals surface area (Å²) in [5.74, 6) is -2.27. The van der Waals surface area contributed by atoms with Crippen molar-refractivity contribution in [3.8, 4) is 0 Å². The highest BCUT2D eigenvalue weighted by molar-refractivity contribution is 7.90. The minimum atomic E-state index is -3.48. The van der Waals surface area contributed by atoms with Crippen molar-refractivity contribution in [2.24, 2.45) is 10.7 Å². The van der Waals surface area contributed by atoms with Gasteiger partial charge in [0, 0.05) is 17.5 Å². The number of anilines is 1. The molecule has 1 atom stereocenters. The molecule has 0 spiro atoms. The Kier molecular flexibility index (Phi) is 12.2. The lowest BCUT2D eigenvalue weighted by atomic mass is 10.1. The van der Waals surface area contributed by atoms with E-state index in [2.05, 4.69) is 15.3 Å². The van der Waals surface area contributed by atoms with E-state index in [1.54, 1.807) is 0 Å². The van der Waals surface area contributed by atoms with Crippen molar-refractivity contribution in [1.82, 2.24) is 4.98 Å². The van der Waals surface area contributed by atoms with Crippen molar-refractivity contribution >= 4 is 27.3 Å². The average molecular weight is 457 g/mol. The fourth-order valence-electron chi connectivity index (χ4n) is 2.31. The van der Waals surface area contributed by atoms with Gasteiger partial charge in [-0.15, -0.1) is 0 Å². The van der Waals surface area contributed by atoms with Gasteiger partial charge in [-0.25, -0.2) is 22.2 Å². The highest BCUT2D eigenvalue weighted by Gasteiger charge is 2.21. The molecule has 1 heterocycles. The van der Waals surface area contributed by atoms with Crippen LogP contribution in [0.25, 0.3) is 0 Å². The van der Waals surface area contributed by atoms with Crippen LogP contribution in [0.3, 0.4) is 0 Å². The topological polar surface area (TPSA) is 115 Å². The maximum Gasteiger partial charge on any atom is 0.274 e. The van der Waals surface area contributed by atoms with Gasteiger partial charge in [0.2, 0.25) is 0 Å². The zero-order valence-corrected chi connectivity index (χ0v) is 19.4. The van der Waals surface area contributed by atoms with Gasteiger partial charge in [-0.2, -0.15) is 0 Å². The second kappa shape index (κ2) is 13.4. The molecule has 10 heteroatoms. The van der Waals surface area contributed by atoms with Gasteiger partial charge in [-0.05, 0) is 37.3 Å². The molecule has 1 aromatic carbocycles. The number of aromatic nitrogens is 1. The van der Waals surface area contributed by atoms with Crippen LogP contribution in [-0.4, -0.2) is 37.2 Å². The van der Waals surface area contributed by atoms with E-state index in [1.807, 2.05) is 27.7 Å². The minimum Gasteiger partial charge on any atom is -0.388 e. The zero-order valence-electron chi connectivity index (χ0n) is 18.6. The Morgan fingerprint density at radius 2 is 1.77 bits per heavy atom. The Morgan fingerprint density at radius 1 is 1.16 bits per heavy atom. The molecule has 3 N–H and O–H groups in total. The van der Waals surface area contributed by atoms with Crippen LogP contribution in [0.2, 0.25) is 0 Å². The van der Waals surface area contributed by atoms with Gasteiger partial charge in [-0.1, -0.05) is 27.7 Å². The molecule has 1 unspecified atom stereocenters. The number of hydrogen-bond acceptors (Lipinski definition) is 5. The molecule has 2 rings (SSSR count). The number of nitrogens with one attached hydrogen (secondary N) is 1. The molecule has 0 saturated heterocycles. The predicted molar refractivity (Wildman–Crippen MR) is 121 cm³/mol. The molecule has 1 aromatic heterocycles. The summed E-state index contributed by atoms with van der Waals surface area (Å²) in [5, 5.41) is 2.50. The second-order valence-electron chi connectivity index (χ2n) is 5.93. The van der Waals surface area contributed by atoms with Gasteiger partial charge in [0.15, 0.2) is 0 Å². The highest BCUT2D eigenvalue weighted by Crippen LogP contribution is 2.26. The number of aliphatic imine (C=N–C) groups is 1. The van der Waals surface area contributed by atoms with E-state index >= 15 is 0 Å². The molecule has 0 saturated carbocycles. The third kappa shape index (κ3) is 10.1. The maximum atomic E-state index is 14.3. The van der Waals surface area contributed by atoms with Gasteiger partial charge in [0.05, 0.1) is 23.8 Å². The number of sulfone groups is 1. The Bertz CT molecular complexity index is 975. The van der Waals surface area contributed by atoms with E-state index in [4.69, 9.17) is 5.73 Å². The van der Waals surface area contributed by atoms with E-state index in [1.165, 1.54) is 25.1 Å². The monoisotopic (exact) mass is 456 g/mol. The fourth-order valence-corrected chi connectivity index (χ4v) is 3.14. The summed E-state index contributed by atoms with van der Waals surface area (Å²) in [5.41, 5.74) is 5.66. The van der Waals surface area contributed by atoms with Gasteiger partial charge >= 0.3 is 0 Å². The molecule has 31 heavy (non-hydrogen) atoms. The molecule has 172 valence electrons. The van der Waals surface area contributed by atoms with E-state index in [0.29, 0.717) is 0 Å². The lowest BCUT2D eigenvalue weighted by Crippen LogP contribution is -2.18. The van der Waals surface area contributed by atoms with Crippen LogP contribution in [0.4, 0.5) is 14.5 Å². The first kappa shape index (κ1) is 28.1. The van der Waals surface area contributed by atoms with Crippen LogP contribution in [0.5, 0.6) is 0 Å². The molecule has 0 aliphatic carbocycles. The summed E-state index contributed by atoms with van der Waals surface area (Å²) in [6.07, 6.45) is 1.90. The largest absolute Gasteiger partial charge is 0.388 e. The summed E-state index contributed by atoms with van der Waals surface area (Å²) < 4.78 is 50.5. The van der Waals surface area contributed by atoms with Gasteiger partial charge in [0.1, 0.15) is 27.2 Å². The van der Waals surface area contributed by atoms with Crippen molar-refractivity contribution in [1.29, 1.82) is 0 Å². The molecule has 0 radical (unpaired) electrons. The summed E-state index contributed by atoms with van der Waals surface area (Å²) in [7, 11) is -3.48. The fraction of sp³-hybridized carbons (Fsp3) is 0.381. The normalized spacial score (nSPS) is 11.9. The summed E-state index contributed by atoms with van der Waals surface area (Å²) in [6, 6.07) is 4.88. The number of amidine groups is 1. The number of rotatable bonds is 6. The molecular formula is C21H30F2N4O3S. The molecule has 2 aromatic rings. The first-order chi connectivity index (χ1) is 14.5. The smallest absolute Gasteiger partial charge is 0.274 e. The molecule has 0 fully saturated rings. The number of amides is 1. The van der Waals surface area contributed by atoms with Crippen LogP contribution in [0, 0.1) is 11.6 Å². The van der Waals surface area contributed by atoms with Crippen LogP contribution < -0.4 is 11.1 Å². The quantitative estimate of drug-likeness (QED) is 0.501. The number of halogens is 2. The second-order valence-corrected chi connectivity index (χ2v) is 8.12. The van der Waals surface area contributed by atoms with Crippen molar-refractivity contribution < 1.29 is 22.0 Å². The van der Waals surface area contributed by atoms with Crippen molar-refractivity contribution in [2.75, 3.05) is 17.3 Å². The zero-order chi connectivity index (χ0) is 24.2. The number of nitrogens with two attached hydrogens (primary N) is 1. The summed E-state index contributed by atoms with van der Waals surface area (Å²) >= 11 is 0. The molecule has 1 amide bonds. The molecule has 0 bridgehead atoms. The first-order valence-electron chi connectivity index (χ1n) is 9.75. The van der Waals surface area contributed by atoms with Crippen molar-refractivity contribution in [3.63, 3.8) is 0 Å². The third-order valence-corrected chi connectivity index (χ3v) is 4.31. The third-order valence-electron chi connectivity index (χ3n) is 3.39. The number of hydrogen-bond donors (Lipinski definition) is 2. The van der Waals surface area contributed by atoms with Gasteiger partial charge < -0.3 is 11.1 Å². The Morgan fingerprint density at radius 3 is 2.26 bits per heavy atom. The van der Waals surface area contributed by atoms with Crippen LogP contribution in [-0.2, 0) is 9.84 Å². The lowest BCUT2D eigenvalue weighted by molar-refractivity contribution is 0.102. The van der Waals surface area contributed by atoms with E-state index < -0.39 is 39.2 Å². The Balaban J connectivity index is 0.00000212. The molecule has 0 aliphatic heterocycles. The molecular weight excluding hydrogens is 426 g/mol. The minimum absolute atomic E-state index is 0.0323. The van der Waals surface area contributed by atoms with Crippen LogP contribution >= 0.6 is 0 Å². The standard InChI is InChI=1S/C17H18F2N4O3S.2C2H6/c1-10(20)22-16(9-27(2,25)26)13-7-12(4-5-14(13)19)23-17(24)15-6-3-11(18)8-21-15;2*1-2/h3-8,16H,9H2,1-2H3,(H2,20,22)(H,23,24);2*1-2H3. The van der Waals surface area contributed by atoms with Gasteiger partial charge in [0.25, 0.3) is 5.91 Å². The number of nitrogens with zero attached hydrogens (tertiary/aromatic N) is 2. The SMILES string of the molecule is CC.CC.CC(N)=NC(CS(C)(=O)=O)c1cc(NC(=O)c2ccc(F)cn2)ccc1F. The first-order valence-corrected chi connectivity index (χ1v) is 11.8. The van der Waals surface area contributed by atoms with E-state index in [0.717, 1.165) is 24.6 Å². The summed E-state index contributed by atoms with van der Waals surface area (Å²) in [6.45, 7) is 9.46. The van der Waals surface area contributed by atoms with Crippen molar-refractivity contribution in [2.45, 2.75) is 40.7 Å².